The molecule has 0 atom stereocenters. The van der Waals surface area contributed by atoms with Gasteiger partial charge in [-0.25, -0.2) is 13.8 Å². The number of carbonyl (C=O) groups excluding carboxylic acids is 1. The largest absolute Gasteiger partial charge is 0.383 e. The summed E-state index contributed by atoms with van der Waals surface area (Å²) in [4.78, 5) is 13.7. The Bertz CT molecular complexity index is 379. The third-order valence-electron chi connectivity index (χ3n) is 1.56. The zero-order valence-electron chi connectivity index (χ0n) is 7.55. The molecule has 1 rings (SSSR count). The second-order valence-corrected chi connectivity index (χ2v) is 2.75. The minimum atomic E-state index is -4.80. The van der Waals surface area contributed by atoms with Crippen molar-refractivity contribution in [3.8, 4) is 0 Å². The SMILES string of the molecule is O=C(Nc1ccc(F)nc1)C(F)(F)C(F)F. The predicted molar refractivity (Wildman–Crippen MR) is 43.8 cm³/mol. The zero-order chi connectivity index (χ0) is 12.3. The van der Waals surface area contributed by atoms with Gasteiger partial charge in [0.25, 0.3) is 0 Å². The maximum absolute atomic E-state index is 12.4. The topological polar surface area (TPSA) is 42.0 Å². The van der Waals surface area contributed by atoms with Crippen molar-refractivity contribution in [3.05, 3.63) is 24.3 Å². The summed E-state index contributed by atoms with van der Waals surface area (Å²) >= 11 is 0. The summed E-state index contributed by atoms with van der Waals surface area (Å²) in [5.41, 5.74) is -0.299. The summed E-state index contributed by atoms with van der Waals surface area (Å²) in [7, 11) is 0. The molecule has 0 aliphatic heterocycles. The molecule has 0 spiro atoms. The quantitative estimate of drug-likeness (QED) is 0.649. The molecule has 1 aromatic rings. The smallest absolute Gasteiger partial charge is 0.319 e. The highest BCUT2D eigenvalue weighted by atomic mass is 19.3. The van der Waals surface area contributed by atoms with Crippen molar-refractivity contribution in [2.45, 2.75) is 12.3 Å². The number of carbonyl (C=O) groups is 1. The van der Waals surface area contributed by atoms with E-state index in [1.54, 1.807) is 0 Å². The number of halogens is 5. The van der Waals surface area contributed by atoms with Gasteiger partial charge in [-0.3, -0.25) is 4.79 Å². The number of pyridine rings is 1. The molecule has 1 heterocycles. The second-order valence-electron chi connectivity index (χ2n) is 2.75. The molecule has 1 aromatic heterocycles. The third-order valence-corrected chi connectivity index (χ3v) is 1.56. The van der Waals surface area contributed by atoms with Crippen LogP contribution >= 0.6 is 0 Å². The van der Waals surface area contributed by atoms with Crippen molar-refractivity contribution >= 4 is 11.6 Å². The predicted octanol–water partition coefficient (Wildman–Crippen LogP) is 2.06. The zero-order valence-corrected chi connectivity index (χ0v) is 7.55. The van der Waals surface area contributed by atoms with Crippen LogP contribution in [0.2, 0.25) is 0 Å². The molecule has 0 saturated heterocycles. The Morgan fingerprint density at radius 2 is 2.00 bits per heavy atom. The molecule has 1 N–H and O–H groups in total. The lowest BCUT2D eigenvalue weighted by Crippen LogP contribution is -2.41. The minimum absolute atomic E-state index is 0.299. The Morgan fingerprint density at radius 1 is 1.38 bits per heavy atom. The number of nitrogens with one attached hydrogen (secondary N) is 1. The standard InChI is InChI=1S/C8H5F5N2O/c9-5-2-1-4(3-14-5)15-7(16)8(12,13)6(10)11/h1-3,6H,(H,15,16). The number of aromatic nitrogens is 1. The van der Waals surface area contributed by atoms with E-state index >= 15 is 0 Å². The van der Waals surface area contributed by atoms with Gasteiger partial charge in [-0.15, -0.1) is 0 Å². The van der Waals surface area contributed by atoms with Crippen LogP contribution in [-0.2, 0) is 4.79 Å². The number of nitrogens with zero attached hydrogens (tertiary/aromatic N) is 1. The molecule has 0 aliphatic carbocycles. The van der Waals surface area contributed by atoms with Crippen LogP contribution in [0.15, 0.2) is 18.3 Å². The lowest BCUT2D eigenvalue weighted by Gasteiger charge is -2.14. The maximum Gasteiger partial charge on any atom is 0.383 e. The van der Waals surface area contributed by atoms with E-state index < -0.39 is 24.2 Å². The van der Waals surface area contributed by atoms with Crippen molar-refractivity contribution in [1.82, 2.24) is 4.98 Å². The monoisotopic (exact) mass is 240 g/mol. The number of amides is 1. The van der Waals surface area contributed by atoms with Crippen LogP contribution in [0, 0.1) is 5.95 Å². The average Bonchev–Trinajstić information content (AvgIpc) is 2.21. The maximum atomic E-state index is 12.4. The first-order chi connectivity index (χ1) is 7.34. The van der Waals surface area contributed by atoms with Gasteiger partial charge in [0.05, 0.1) is 11.9 Å². The molecule has 0 radical (unpaired) electrons. The Morgan fingerprint density at radius 3 is 2.44 bits per heavy atom. The average molecular weight is 240 g/mol. The molecule has 3 nitrogen and oxygen atoms in total. The van der Waals surface area contributed by atoms with Gasteiger partial charge in [0.1, 0.15) is 0 Å². The summed E-state index contributed by atoms with van der Waals surface area (Å²) in [5.74, 6) is -7.86. The second kappa shape index (κ2) is 4.42. The number of hydrogen-bond donors (Lipinski definition) is 1. The van der Waals surface area contributed by atoms with Crippen LogP contribution in [0.25, 0.3) is 0 Å². The van der Waals surface area contributed by atoms with Gasteiger partial charge in [0.15, 0.2) is 0 Å². The van der Waals surface area contributed by atoms with E-state index in [1.165, 1.54) is 5.32 Å². The molecular formula is C8H5F5N2O. The van der Waals surface area contributed by atoms with E-state index in [4.69, 9.17) is 0 Å². The number of alkyl halides is 4. The van der Waals surface area contributed by atoms with Gasteiger partial charge in [-0.05, 0) is 12.1 Å². The Kier molecular flexibility index (Phi) is 3.41. The first-order valence-electron chi connectivity index (χ1n) is 3.93. The number of hydrogen-bond acceptors (Lipinski definition) is 2. The normalized spacial score (nSPS) is 11.6. The number of anilines is 1. The molecule has 1 amide bonds. The van der Waals surface area contributed by atoms with Gasteiger partial charge < -0.3 is 5.32 Å². The summed E-state index contributed by atoms with van der Waals surface area (Å²) < 4.78 is 60.7. The molecule has 0 aromatic carbocycles. The van der Waals surface area contributed by atoms with Gasteiger partial charge in [0.2, 0.25) is 5.95 Å². The number of rotatable bonds is 3. The van der Waals surface area contributed by atoms with Crippen LogP contribution in [-0.4, -0.2) is 23.2 Å². The third kappa shape index (κ3) is 2.65. The van der Waals surface area contributed by atoms with Crippen molar-refractivity contribution in [2.24, 2.45) is 0 Å². The molecule has 8 heteroatoms. The van der Waals surface area contributed by atoms with E-state index in [0.717, 1.165) is 18.3 Å². The highest BCUT2D eigenvalue weighted by molar-refractivity contribution is 5.96. The molecule has 0 saturated carbocycles. The lowest BCUT2D eigenvalue weighted by molar-refractivity contribution is -0.163. The van der Waals surface area contributed by atoms with Crippen LogP contribution in [0.1, 0.15) is 0 Å². The first-order valence-corrected chi connectivity index (χ1v) is 3.93. The summed E-state index contributed by atoms with van der Waals surface area (Å²) in [6.07, 6.45) is -3.38. The summed E-state index contributed by atoms with van der Waals surface area (Å²) in [5, 5.41) is 1.49. The molecule has 0 bridgehead atoms. The van der Waals surface area contributed by atoms with Gasteiger partial charge in [0, 0.05) is 0 Å². The fraction of sp³-hybridized carbons (Fsp3) is 0.250. The van der Waals surface area contributed by atoms with Crippen LogP contribution in [0.5, 0.6) is 0 Å². The Labute approximate surface area is 86.3 Å². The van der Waals surface area contributed by atoms with Gasteiger partial charge in [-0.2, -0.15) is 13.2 Å². The van der Waals surface area contributed by atoms with Crippen molar-refractivity contribution in [1.29, 1.82) is 0 Å². The van der Waals surface area contributed by atoms with E-state index in [-0.39, 0.29) is 5.69 Å². The molecule has 16 heavy (non-hydrogen) atoms. The Balaban J connectivity index is 2.75. The van der Waals surface area contributed by atoms with Crippen molar-refractivity contribution in [3.63, 3.8) is 0 Å². The minimum Gasteiger partial charge on any atom is -0.319 e. The van der Waals surface area contributed by atoms with E-state index in [1.807, 2.05) is 0 Å². The summed E-state index contributed by atoms with van der Waals surface area (Å²) in [6, 6.07) is 1.71. The van der Waals surface area contributed by atoms with Gasteiger partial charge >= 0.3 is 18.3 Å². The fourth-order valence-corrected chi connectivity index (χ4v) is 0.763. The fourth-order valence-electron chi connectivity index (χ4n) is 0.763. The molecular weight excluding hydrogens is 235 g/mol. The van der Waals surface area contributed by atoms with E-state index in [0.29, 0.717) is 0 Å². The molecule has 0 fully saturated rings. The van der Waals surface area contributed by atoms with Crippen molar-refractivity contribution in [2.75, 3.05) is 5.32 Å². The van der Waals surface area contributed by atoms with E-state index in [2.05, 4.69) is 4.98 Å². The molecule has 0 aliphatic rings. The molecule has 88 valence electrons. The van der Waals surface area contributed by atoms with Gasteiger partial charge in [-0.1, -0.05) is 0 Å². The first kappa shape index (κ1) is 12.3. The highest BCUT2D eigenvalue weighted by Crippen LogP contribution is 2.24. The summed E-state index contributed by atoms with van der Waals surface area (Å²) in [6.45, 7) is 0. The van der Waals surface area contributed by atoms with Crippen LogP contribution in [0.3, 0.4) is 0 Å². The Hall–Kier alpha value is -1.73. The highest BCUT2D eigenvalue weighted by Gasteiger charge is 2.48. The van der Waals surface area contributed by atoms with Crippen LogP contribution < -0.4 is 5.32 Å². The lowest BCUT2D eigenvalue weighted by atomic mass is 10.3. The van der Waals surface area contributed by atoms with Crippen molar-refractivity contribution < 1.29 is 26.7 Å². The van der Waals surface area contributed by atoms with Crippen LogP contribution in [0.4, 0.5) is 27.6 Å². The van der Waals surface area contributed by atoms with E-state index in [9.17, 15) is 26.7 Å². The molecule has 0 unspecified atom stereocenters.